The molecule has 1 aliphatic heterocycles. The first-order chi connectivity index (χ1) is 15.7. The zero-order chi connectivity index (χ0) is 24.0. The van der Waals surface area contributed by atoms with Crippen LogP contribution < -0.4 is 14.8 Å². The Balaban J connectivity index is 1.46. The van der Waals surface area contributed by atoms with Gasteiger partial charge in [0.1, 0.15) is 18.1 Å². The van der Waals surface area contributed by atoms with E-state index in [0.29, 0.717) is 19.7 Å². The summed E-state index contributed by atoms with van der Waals surface area (Å²) in [6.45, 7) is 5.69. The van der Waals surface area contributed by atoms with E-state index in [0.717, 1.165) is 37.2 Å². The van der Waals surface area contributed by atoms with E-state index in [1.54, 1.807) is 14.0 Å². The lowest BCUT2D eigenvalue weighted by molar-refractivity contribution is -0.137. The first kappa shape index (κ1) is 25.1. The minimum absolute atomic E-state index is 0.0412. The van der Waals surface area contributed by atoms with Gasteiger partial charge >= 0.3 is 6.18 Å². The first-order valence-corrected chi connectivity index (χ1v) is 11.0. The highest BCUT2D eigenvalue weighted by molar-refractivity contribution is 6.30. The van der Waals surface area contributed by atoms with Gasteiger partial charge in [0.05, 0.1) is 24.4 Å². The average molecular weight is 486 g/mol. The Hall–Kier alpha value is -2.49. The molecule has 2 aromatic rings. The van der Waals surface area contributed by atoms with Gasteiger partial charge in [0, 0.05) is 37.7 Å². The molecule has 1 fully saturated rings. The molecular weight excluding hydrogens is 459 g/mol. The van der Waals surface area contributed by atoms with Crippen molar-refractivity contribution in [2.24, 2.45) is 0 Å². The number of hydrogen-bond acceptors (Lipinski definition) is 5. The molecule has 1 unspecified atom stereocenters. The number of hydrogen-bond donors (Lipinski definition) is 1. The Kier molecular flexibility index (Phi) is 8.45. The Bertz CT molecular complexity index is 933. The second kappa shape index (κ2) is 11.1. The molecule has 33 heavy (non-hydrogen) atoms. The Morgan fingerprint density at radius 2 is 1.73 bits per heavy atom. The minimum Gasteiger partial charge on any atom is -0.497 e. The van der Waals surface area contributed by atoms with Crippen molar-refractivity contribution in [1.82, 2.24) is 9.80 Å². The van der Waals surface area contributed by atoms with Gasteiger partial charge in [0.15, 0.2) is 0 Å². The van der Waals surface area contributed by atoms with Crippen molar-refractivity contribution in [2.45, 2.75) is 19.1 Å². The number of amides is 1. The molecule has 0 bridgehead atoms. The number of carbonyl (C=O) groups is 1. The van der Waals surface area contributed by atoms with Crippen LogP contribution >= 0.6 is 11.6 Å². The van der Waals surface area contributed by atoms with Crippen LogP contribution in [0.3, 0.4) is 0 Å². The number of anilines is 1. The van der Waals surface area contributed by atoms with Crippen molar-refractivity contribution < 1.29 is 27.4 Å². The number of benzene rings is 2. The number of rotatable bonds is 8. The van der Waals surface area contributed by atoms with Crippen molar-refractivity contribution in [3.05, 3.63) is 53.1 Å². The number of halogens is 4. The van der Waals surface area contributed by atoms with Crippen LogP contribution in [0.4, 0.5) is 18.9 Å². The molecule has 1 heterocycles. The second-order valence-corrected chi connectivity index (χ2v) is 8.19. The van der Waals surface area contributed by atoms with Crippen LogP contribution in [0.5, 0.6) is 11.5 Å². The number of carbonyl (C=O) groups excluding carboxylic acids is 1. The quantitative estimate of drug-likeness (QED) is 0.601. The zero-order valence-electron chi connectivity index (χ0n) is 18.5. The van der Waals surface area contributed by atoms with Gasteiger partial charge in [-0.15, -0.1) is 0 Å². The minimum atomic E-state index is -4.61. The van der Waals surface area contributed by atoms with E-state index in [9.17, 15) is 18.0 Å². The molecule has 180 valence electrons. The normalized spacial score (nSPS) is 16.3. The maximum Gasteiger partial charge on any atom is 0.418 e. The van der Waals surface area contributed by atoms with Crippen molar-refractivity contribution in [3.63, 3.8) is 0 Å². The molecule has 3 rings (SSSR count). The Labute approximate surface area is 196 Å². The molecular formula is C23H27ClF3N3O3. The van der Waals surface area contributed by atoms with Crippen molar-refractivity contribution in [3.8, 4) is 11.5 Å². The summed E-state index contributed by atoms with van der Waals surface area (Å²) >= 11 is 5.70. The number of piperazine rings is 1. The van der Waals surface area contributed by atoms with Crippen LogP contribution in [0.15, 0.2) is 42.5 Å². The molecule has 0 saturated carbocycles. The lowest BCUT2D eigenvalue weighted by atomic mass is 10.1. The monoisotopic (exact) mass is 485 g/mol. The maximum absolute atomic E-state index is 13.3. The molecule has 0 spiro atoms. The van der Waals surface area contributed by atoms with Crippen LogP contribution in [-0.2, 0) is 11.0 Å². The van der Waals surface area contributed by atoms with E-state index in [1.807, 2.05) is 29.2 Å². The molecule has 6 nitrogen and oxygen atoms in total. The van der Waals surface area contributed by atoms with E-state index in [2.05, 4.69) is 10.2 Å². The highest BCUT2D eigenvalue weighted by Gasteiger charge is 2.35. The lowest BCUT2D eigenvalue weighted by Gasteiger charge is -2.37. The fourth-order valence-corrected chi connectivity index (χ4v) is 3.77. The number of nitrogens with one attached hydrogen (secondary N) is 1. The van der Waals surface area contributed by atoms with Gasteiger partial charge in [-0.1, -0.05) is 11.6 Å². The third kappa shape index (κ3) is 6.99. The van der Waals surface area contributed by atoms with Gasteiger partial charge in [-0.05, 0) is 49.4 Å². The third-order valence-corrected chi connectivity index (χ3v) is 5.85. The van der Waals surface area contributed by atoms with E-state index in [4.69, 9.17) is 21.1 Å². The number of alkyl halides is 3. The zero-order valence-corrected chi connectivity index (χ0v) is 19.2. The van der Waals surface area contributed by atoms with Gasteiger partial charge in [-0.3, -0.25) is 14.6 Å². The topological polar surface area (TPSA) is 54.0 Å². The molecule has 1 N–H and O–H groups in total. The highest BCUT2D eigenvalue weighted by Crippen LogP contribution is 2.36. The largest absolute Gasteiger partial charge is 0.497 e. The number of ether oxygens (including phenoxy) is 2. The average Bonchev–Trinajstić information content (AvgIpc) is 2.80. The molecule has 2 aromatic carbocycles. The molecule has 1 atom stereocenters. The molecule has 0 aromatic heterocycles. The predicted octanol–water partition coefficient (Wildman–Crippen LogP) is 4.39. The number of nitrogens with zero attached hydrogens (tertiary/aromatic N) is 2. The summed E-state index contributed by atoms with van der Waals surface area (Å²) in [5, 5.41) is 2.37. The maximum atomic E-state index is 13.3. The molecule has 10 heteroatoms. The van der Waals surface area contributed by atoms with Crippen LogP contribution in [0.2, 0.25) is 5.02 Å². The summed E-state index contributed by atoms with van der Waals surface area (Å²) < 4.78 is 50.7. The number of methoxy groups -OCH3 is 1. The van der Waals surface area contributed by atoms with Crippen molar-refractivity contribution in [2.75, 3.05) is 51.8 Å². The van der Waals surface area contributed by atoms with Crippen molar-refractivity contribution >= 4 is 23.2 Å². The molecule has 1 amide bonds. The fourth-order valence-electron chi connectivity index (χ4n) is 3.60. The molecule has 0 aliphatic carbocycles. The molecule has 1 saturated heterocycles. The van der Waals surface area contributed by atoms with Gasteiger partial charge in [-0.2, -0.15) is 13.2 Å². The first-order valence-electron chi connectivity index (χ1n) is 10.6. The molecule has 0 radical (unpaired) electrons. The second-order valence-electron chi connectivity index (χ2n) is 7.75. The standard InChI is InChI=1S/C23H27ClF3N3O3/c1-16(22(31)28-21-8-3-17(24)15-20(21)23(25,26)27)30-11-9-29(10-12-30)13-14-33-19-6-4-18(32-2)5-7-19/h3-8,15-16H,9-14H2,1-2H3,(H,28,31). The van der Waals surface area contributed by atoms with Crippen molar-refractivity contribution in [1.29, 1.82) is 0 Å². The summed E-state index contributed by atoms with van der Waals surface area (Å²) in [6, 6.07) is 10.1. The summed E-state index contributed by atoms with van der Waals surface area (Å²) in [6.07, 6.45) is -4.61. The van der Waals surface area contributed by atoms with Crippen LogP contribution in [0, 0.1) is 0 Å². The van der Waals surface area contributed by atoms with Gasteiger partial charge < -0.3 is 14.8 Å². The van der Waals surface area contributed by atoms with Crippen LogP contribution in [0.1, 0.15) is 12.5 Å². The summed E-state index contributed by atoms with van der Waals surface area (Å²) in [7, 11) is 1.61. The molecule has 1 aliphatic rings. The van der Waals surface area contributed by atoms with Gasteiger partial charge in [-0.25, -0.2) is 0 Å². The van der Waals surface area contributed by atoms with Crippen LogP contribution in [-0.4, -0.2) is 68.2 Å². The van der Waals surface area contributed by atoms with Gasteiger partial charge in [0.2, 0.25) is 5.91 Å². The SMILES string of the molecule is COc1ccc(OCCN2CCN(C(C)C(=O)Nc3ccc(Cl)cc3C(F)(F)F)CC2)cc1. The fraction of sp³-hybridized carbons (Fsp3) is 0.435. The summed E-state index contributed by atoms with van der Waals surface area (Å²) in [4.78, 5) is 16.8. The van der Waals surface area contributed by atoms with E-state index < -0.39 is 23.7 Å². The van der Waals surface area contributed by atoms with Crippen LogP contribution in [0.25, 0.3) is 0 Å². The van der Waals surface area contributed by atoms with E-state index in [1.165, 1.54) is 12.1 Å². The Morgan fingerprint density at radius 1 is 1.09 bits per heavy atom. The third-order valence-electron chi connectivity index (χ3n) is 5.61. The highest BCUT2D eigenvalue weighted by atomic mass is 35.5. The summed E-state index contributed by atoms with van der Waals surface area (Å²) in [5.41, 5.74) is -1.25. The predicted molar refractivity (Wildman–Crippen MR) is 121 cm³/mol. The smallest absolute Gasteiger partial charge is 0.418 e. The van der Waals surface area contributed by atoms with E-state index in [-0.39, 0.29) is 10.7 Å². The van der Waals surface area contributed by atoms with Gasteiger partial charge in [0.25, 0.3) is 0 Å². The Morgan fingerprint density at radius 3 is 2.33 bits per heavy atom. The lowest BCUT2D eigenvalue weighted by Crippen LogP contribution is -2.53. The van der Waals surface area contributed by atoms with E-state index >= 15 is 0 Å². The summed E-state index contributed by atoms with van der Waals surface area (Å²) in [5.74, 6) is 1.04.